The number of aliphatic carboxylic acids is 1. The van der Waals surface area contributed by atoms with E-state index in [0.717, 1.165) is 0 Å². The van der Waals surface area contributed by atoms with E-state index in [9.17, 15) is 9.18 Å². The Bertz CT molecular complexity index is 526. The molecule has 0 atom stereocenters. The largest absolute Gasteiger partial charge is 0.493 e. The fourth-order valence-corrected chi connectivity index (χ4v) is 2.56. The van der Waals surface area contributed by atoms with Crippen LogP contribution in [-0.4, -0.2) is 25.3 Å². The maximum Gasteiger partial charge on any atom is 0.304 e. The first kappa shape index (κ1) is 13.9. The van der Waals surface area contributed by atoms with Gasteiger partial charge in [0.2, 0.25) is 0 Å². The molecular formula is C13H14ClFO4. The molecule has 1 saturated carbocycles. The van der Waals surface area contributed by atoms with E-state index in [1.165, 1.54) is 20.3 Å². The summed E-state index contributed by atoms with van der Waals surface area (Å²) in [4.78, 5) is 11.0. The van der Waals surface area contributed by atoms with Gasteiger partial charge in [0.05, 0.1) is 25.7 Å². The van der Waals surface area contributed by atoms with Crippen LogP contribution in [-0.2, 0) is 10.2 Å². The molecule has 1 N–H and O–H groups in total. The van der Waals surface area contributed by atoms with Crippen LogP contribution in [0.5, 0.6) is 11.5 Å². The highest BCUT2D eigenvalue weighted by molar-refractivity contribution is 6.31. The second-order valence-electron chi connectivity index (χ2n) is 4.63. The smallest absolute Gasteiger partial charge is 0.304 e. The van der Waals surface area contributed by atoms with Crippen LogP contribution in [0.4, 0.5) is 4.39 Å². The van der Waals surface area contributed by atoms with Crippen molar-refractivity contribution in [2.24, 2.45) is 0 Å². The molecule has 0 bridgehead atoms. The van der Waals surface area contributed by atoms with Crippen molar-refractivity contribution in [1.29, 1.82) is 0 Å². The van der Waals surface area contributed by atoms with Crippen molar-refractivity contribution in [3.8, 4) is 11.5 Å². The van der Waals surface area contributed by atoms with E-state index in [1.807, 2.05) is 0 Å². The van der Waals surface area contributed by atoms with Crippen molar-refractivity contribution in [3.63, 3.8) is 0 Å². The monoisotopic (exact) mass is 288 g/mol. The number of carbonyl (C=O) groups is 1. The van der Waals surface area contributed by atoms with E-state index >= 15 is 0 Å². The van der Waals surface area contributed by atoms with Crippen LogP contribution in [0.1, 0.15) is 24.8 Å². The van der Waals surface area contributed by atoms with Crippen LogP contribution in [0.2, 0.25) is 5.02 Å². The van der Waals surface area contributed by atoms with Gasteiger partial charge in [-0.15, -0.1) is 0 Å². The molecule has 0 unspecified atom stereocenters. The lowest BCUT2D eigenvalue weighted by molar-refractivity contribution is -0.137. The maximum atomic E-state index is 14.3. The second kappa shape index (κ2) is 4.89. The average Bonchev–Trinajstić information content (AvgIpc) is 3.11. The van der Waals surface area contributed by atoms with E-state index in [-0.39, 0.29) is 22.8 Å². The van der Waals surface area contributed by atoms with E-state index in [2.05, 4.69) is 0 Å². The van der Waals surface area contributed by atoms with E-state index in [1.54, 1.807) is 0 Å². The first-order valence-corrected chi connectivity index (χ1v) is 6.15. The summed E-state index contributed by atoms with van der Waals surface area (Å²) in [6.07, 6.45) is 1.04. The molecule has 1 aliphatic rings. The van der Waals surface area contributed by atoms with Gasteiger partial charge in [0.1, 0.15) is 5.82 Å². The lowest BCUT2D eigenvalue weighted by Crippen LogP contribution is -2.16. The summed E-state index contributed by atoms with van der Waals surface area (Å²) in [5.41, 5.74) is -0.527. The summed E-state index contributed by atoms with van der Waals surface area (Å²) in [6.45, 7) is 0. The molecule has 0 aromatic heterocycles. The van der Waals surface area contributed by atoms with Gasteiger partial charge in [0, 0.05) is 17.0 Å². The zero-order valence-corrected chi connectivity index (χ0v) is 11.4. The van der Waals surface area contributed by atoms with Crippen molar-refractivity contribution < 1.29 is 23.8 Å². The van der Waals surface area contributed by atoms with Gasteiger partial charge in [-0.2, -0.15) is 0 Å². The third-order valence-corrected chi connectivity index (χ3v) is 3.71. The zero-order chi connectivity index (χ0) is 14.2. The third-order valence-electron chi connectivity index (χ3n) is 3.44. The number of ether oxygens (including phenoxy) is 2. The van der Waals surface area contributed by atoms with Crippen molar-refractivity contribution in [3.05, 3.63) is 22.5 Å². The number of methoxy groups -OCH3 is 2. The van der Waals surface area contributed by atoms with Gasteiger partial charge in [-0.1, -0.05) is 11.6 Å². The molecule has 2 rings (SSSR count). The number of carboxylic acid groups (broad SMARTS) is 1. The van der Waals surface area contributed by atoms with Gasteiger partial charge in [-0.25, -0.2) is 4.39 Å². The number of hydrogen-bond donors (Lipinski definition) is 1. The molecule has 0 saturated heterocycles. The second-order valence-corrected chi connectivity index (χ2v) is 5.04. The number of halogens is 2. The fraction of sp³-hybridized carbons (Fsp3) is 0.462. The van der Waals surface area contributed by atoms with Crippen LogP contribution in [0.15, 0.2) is 6.07 Å². The first-order chi connectivity index (χ1) is 8.95. The predicted octanol–water partition coefficient (Wildman–Crippen LogP) is 3.00. The Kier molecular flexibility index (Phi) is 3.58. The van der Waals surface area contributed by atoms with Crippen LogP contribution in [0, 0.1) is 5.82 Å². The Balaban J connectivity index is 2.61. The quantitative estimate of drug-likeness (QED) is 0.905. The summed E-state index contributed by atoms with van der Waals surface area (Å²) in [5, 5.41) is 8.88. The average molecular weight is 289 g/mol. The van der Waals surface area contributed by atoms with Gasteiger partial charge in [0.15, 0.2) is 11.5 Å². The van der Waals surface area contributed by atoms with Crippen molar-refractivity contribution in [2.45, 2.75) is 24.7 Å². The number of hydrogen-bond acceptors (Lipinski definition) is 3. The minimum absolute atomic E-state index is 0.0932. The molecule has 6 heteroatoms. The Morgan fingerprint density at radius 1 is 1.47 bits per heavy atom. The van der Waals surface area contributed by atoms with Crippen molar-refractivity contribution in [2.75, 3.05) is 14.2 Å². The van der Waals surface area contributed by atoms with E-state index in [0.29, 0.717) is 18.6 Å². The SMILES string of the molecule is COc1cc(Cl)c(F)c(C2(CC(=O)O)CC2)c1OC. The summed E-state index contributed by atoms with van der Waals surface area (Å²) in [7, 11) is 2.82. The Labute approximate surface area is 115 Å². The Morgan fingerprint density at radius 3 is 2.53 bits per heavy atom. The molecule has 1 aromatic rings. The van der Waals surface area contributed by atoms with Gasteiger partial charge >= 0.3 is 5.97 Å². The predicted molar refractivity (Wildman–Crippen MR) is 67.7 cm³/mol. The zero-order valence-electron chi connectivity index (χ0n) is 10.6. The van der Waals surface area contributed by atoms with Crippen molar-refractivity contribution in [1.82, 2.24) is 0 Å². The molecule has 0 amide bonds. The summed E-state index contributed by atoms with van der Waals surface area (Å²) >= 11 is 5.84. The molecule has 0 spiro atoms. The molecule has 0 heterocycles. The molecule has 0 aliphatic heterocycles. The highest BCUT2D eigenvalue weighted by atomic mass is 35.5. The normalized spacial score (nSPS) is 16.0. The molecular weight excluding hydrogens is 275 g/mol. The number of carboxylic acids is 1. The molecule has 4 nitrogen and oxygen atoms in total. The van der Waals surface area contributed by atoms with E-state index < -0.39 is 17.2 Å². The maximum absolute atomic E-state index is 14.3. The first-order valence-electron chi connectivity index (χ1n) is 5.77. The molecule has 1 fully saturated rings. The fourth-order valence-electron chi connectivity index (χ4n) is 2.37. The highest BCUT2D eigenvalue weighted by Crippen LogP contribution is 2.57. The molecule has 104 valence electrons. The minimum atomic E-state index is -0.974. The summed E-state index contributed by atoms with van der Waals surface area (Å²) < 4.78 is 24.6. The molecule has 1 aliphatic carbocycles. The van der Waals surface area contributed by atoms with E-state index in [4.69, 9.17) is 26.2 Å². The van der Waals surface area contributed by atoms with Crippen LogP contribution < -0.4 is 9.47 Å². The number of rotatable bonds is 5. The lowest BCUT2D eigenvalue weighted by atomic mass is 9.90. The molecule has 19 heavy (non-hydrogen) atoms. The lowest BCUT2D eigenvalue weighted by Gasteiger charge is -2.20. The Morgan fingerprint density at radius 2 is 2.11 bits per heavy atom. The van der Waals surface area contributed by atoms with Crippen LogP contribution in [0.25, 0.3) is 0 Å². The molecule has 1 aromatic carbocycles. The third kappa shape index (κ3) is 2.34. The Hall–Kier alpha value is -1.49. The van der Waals surface area contributed by atoms with Gasteiger partial charge in [0.25, 0.3) is 0 Å². The van der Waals surface area contributed by atoms with Gasteiger partial charge in [-0.3, -0.25) is 4.79 Å². The van der Waals surface area contributed by atoms with Gasteiger partial charge in [-0.05, 0) is 12.8 Å². The minimum Gasteiger partial charge on any atom is -0.493 e. The topological polar surface area (TPSA) is 55.8 Å². The standard InChI is InChI=1S/C13H14ClFO4/c1-18-8-5-7(14)11(15)10(12(8)19-2)13(3-4-13)6-9(16)17/h5H,3-4,6H2,1-2H3,(H,16,17). The molecule has 0 radical (unpaired) electrons. The summed E-state index contributed by atoms with van der Waals surface area (Å²) in [5.74, 6) is -1.07. The highest BCUT2D eigenvalue weighted by Gasteiger charge is 2.50. The van der Waals surface area contributed by atoms with Crippen molar-refractivity contribution >= 4 is 17.6 Å². The number of benzene rings is 1. The summed E-state index contributed by atoms with van der Waals surface area (Å²) in [6, 6.07) is 1.33. The van der Waals surface area contributed by atoms with Gasteiger partial charge < -0.3 is 14.6 Å². The van der Waals surface area contributed by atoms with Crippen LogP contribution in [0.3, 0.4) is 0 Å². The van der Waals surface area contributed by atoms with Crippen LogP contribution >= 0.6 is 11.6 Å².